The average Bonchev–Trinajstić information content (AvgIpc) is 2.29. The molecule has 0 aromatic heterocycles. The van der Waals surface area contributed by atoms with E-state index in [2.05, 4.69) is 31.9 Å². The molecule has 86 valence electrons. The molecule has 0 amide bonds. The van der Waals surface area contributed by atoms with Crippen molar-refractivity contribution in [2.45, 2.75) is 0 Å². The Morgan fingerprint density at radius 3 is 1.65 bits per heavy atom. The van der Waals surface area contributed by atoms with Crippen LogP contribution in [0.4, 0.5) is 0 Å². The summed E-state index contributed by atoms with van der Waals surface area (Å²) in [5.74, 6) is 1.70. The molecule has 5 heteroatoms. The van der Waals surface area contributed by atoms with Crippen LogP contribution in [0.15, 0.2) is 57.5 Å². The molecule has 0 aliphatic heterocycles. The van der Waals surface area contributed by atoms with Crippen molar-refractivity contribution in [2.75, 3.05) is 0 Å². The van der Waals surface area contributed by atoms with Gasteiger partial charge in [-0.3, -0.25) is 0 Å². The van der Waals surface area contributed by atoms with E-state index in [1.54, 1.807) is 0 Å². The van der Waals surface area contributed by atoms with Gasteiger partial charge in [0.25, 0.3) is 0 Å². The van der Waals surface area contributed by atoms with E-state index in [1.807, 2.05) is 48.5 Å². The Morgan fingerprint density at radius 2 is 1.24 bits per heavy atom. The van der Waals surface area contributed by atoms with Gasteiger partial charge in [-0.2, -0.15) is 0 Å². The van der Waals surface area contributed by atoms with Crippen LogP contribution in [0.25, 0.3) is 0 Å². The molecule has 2 aromatic rings. The monoisotopic (exact) mass is 432 g/mol. The summed E-state index contributed by atoms with van der Waals surface area (Å²) in [5, 5.41) is 0. The fourth-order valence-electron chi connectivity index (χ4n) is 1.18. The Labute approximate surface area is 129 Å². The zero-order chi connectivity index (χ0) is 12.1. The summed E-state index contributed by atoms with van der Waals surface area (Å²) in [5.41, 5.74) is 0. The van der Waals surface area contributed by atoms with Gasteiger partial charge in [-0.15, -0.1) is 0 Å². The van der Waals surface area contributed by atoms with Crippen molar-refractivity contribution in [1.29, 1.82) is 0 Å². The van der Waals surface area contributed by atoms with Crippen LogP contribution in [-0.2, 0) is 24.1 Å². The zero-order valence-electron chi connectivity index (χ0n) is 8.69. The molecule has 2 rings (SSSR count). The van der Waals surface area contributed by atoms with E-state index in [-0.39, 0.29) is 0 Å². The molecule has 0 aliphatic rings. The van der Waals surface area contributed by atoms with Gasteiger partial charge in [0.2, 0.25) is 0 Å². The Bertz CT molecular complexity index is 460. The number of benzene rings is 2. The predicted molar refractivity (Wildman–Crippen MR) is 69.5 cm³/mol. The van der Waals surface area contributed by atoms with E-state index >= 15 is 0 Å². The molecular weight excluding hydrogens is 427 g/mol. The number of rotatable bonds is 4. The molecule has 0 heterocycles. The second kappa shape index (κ2) is 6.72. The molecule has 0 saturated heterocycles. The second-order valence-electron chi connectivity index (χ2n) is 3.20. The van der Waals surface area contributed by atoms with Crippen molar-refractivity contribution < 1.29 is 29.7 Å². The van der Waals surface area contributed by atoms with Crippen LogP contribution < -0.4 is 5.63 Å². The summed E-state index contributed by atoms with van der Waals surface area (Å²) in [6.45, 7) is 0. The van der Waals surface area contributed by atoms with Crippen LogP contribution in [0.5, 0.6) is 11.5 Å². The van der Waals surface area contributed by atoms with Crippen LogP contribution in [0.3, 0.4) is 0 Å². The van der Waals surface area contributed by atoms with Crippen LogP contribution in [0.1, 0.15) is 0 Å². The van der Waals surface area contributed by atoms with Crippen molar-refractivity contribution in [3.63, 3.8) is 0 Å². The van der Waals surface area contributed by atoms with E-state index in [1.165, 1.54) is 0 Å². The third-order valence-electron chi connectivity index (χ3n) is 1.91. The van der Waals surface area contributed by atoms with E-state index in [0.29, 0.717) is 0 Å². The number of hydrogen-bond donors (Lipinski definition) is 0. The van der Waals surface area contributed by atoms with Crippen molar-refractivity contribution in [3.8, 4) is 11.5 Å². The average molecular weight is 435 g/mol. The third kappa shape index (κ3) is 4.57. The first-order valence-corrected chi connectivity index (χ1v) is 8.43. The van der Waals surface area contributed by atoms with Gasteiger partial charge in [-0.25, -0.2) is 0 Å². The summed E-state index contributed by atoms with van der Waals surface area (Å²) in [6, 6.07) is 15.5. The first kappa shape index (κ1) is 13.3. The topological polar surface area (TPSA) is 18.5 Å². The quantitative estimate of drug-likeness (QED) is 0.700. The Kier molecular flexibility index (Phi) is 5.26. The molecule has 0 fully saturated rings. The van der Waals surface area contributed by atoms with Gasteiger partial charge in [-0.1, -0.05) is 0 Å². The standard InChI is InChI=1S/2C6H5BrO.Zr/c2*7-5-2-1-3-6(8)4-5;/h2*1-4,8H;/q;;+2/p-2. The van der Waals surface area contributed by atoms with Crippen LogP contribution in [0.2, 0.25) is 0 Å². The summed E-state index contributed by atoms with van der Waals surface area (Å²) in [6.07, 6.45) is 0. The first-order chi connectivity index (χ1) is 8.24. The van der Waals surface area contributed by atoms with Gasteiger partial charge in [0.15, 0.2) is 0 Å². The van der Waals surface area contributed by atoms with Gasteiger partial charge in [0.05, 0.1) is 0 Å². The van der Waals surface area contributed by atoms with Crippen molar-refractivity contribution in [1.82, 2.24) is 0 Å². The molecule has 0 bridgehead atoms. The third-order valence-corrected chi connectivity index (χ3v) is 4.47. The SMILES string of the molecule is Brc1cccc([O][Zr][O]c2cccc(Br)c2)c1. The molecule has 0 radical (unpaired) electrons. The van der Waals surface area contributed by atoms with E-state index < -0.39 is 24.1 Å². The summed E-state index contributed by atoms with van der Waals surface area (Å²) >= 11 is 5.46. The first-order valence-electron chi connectivity index (χ1n) is 4.84. The van der Waals surface area contributed by atoms with Crippen LogP contribution >= 0.6 is 31.9 Å². The maximum atomic E-state index is 5.63. The van der Waals surface area contributed by atoms with Gasteiger partial charge >= 0.3 is 131 Å². The second-order valence-corrected chi connectivity index (χ2v) is 6.45. The normalized spacial score (nSPS) is 9.76. The predicted octanol–water partition coefficient (Wildman–Crippen LogP) is 4.58. The molecule has 0 spiro atoms. The van der Waals surface area contributed by atoms with Crippen molar-refractivity contribution >= 4 is 31.9 Å². The molecule has 0 unspecified atom stereocenters. The van der Waals surface area contributed by atoms with Gasteiger partial charge in [0, 0.05) is 0 Å². The van der Waals surface area contributed by atoms with Gasteiger partial charge in [-0.05, 0) is 0 Å². The molecule has 0 aliphatic carbocycles. The molecule has 0 N–H and O–H groups in total. The maximum absolute atomic E-state index is 5.63. The van der Waals surface area contributed by atoms with E-state index in [0.717, 1.165) is 20.4 Å². The molecule has 0 atom stereocenters. The number of hydrogen-bond acceptors (Lipinski definition) is 2. The summed E-state index contributed by atoms with van der Waals surface area (Å²) in [4.78, 5) is 0. The molecule has 2 nitrogen and oxygen atoms in total. The van der Waals surface area contributed by atoms with Gasteiger partial charge < -0.3 is 0 Å². The van der Waals surface area contributed by atoms with E-state index in [4.69, 9.17) is 5.63 Å². The van der Waals surface area contributed by atoms with Crippen molar-refractivity contribution in [2.24, 2.45) is 0 Å². The Morgan fingerprint density at radius 1 is 0.765 bits per heavy atom. The summed E-state index contributed by atoms with van der Waals surface area (Å²) < 4.78 is 13.3. The van der Waals surface area contributed by atoms with E-state index in [9.17, 15) is 0 Å². The Hall–Kier alpha value is -0.117. The minimum absolute atomic E-state index is 0.848. The molecule has 0 saturated carbocycles. The fourth-order valence-corrected chi connectivity index (χ4v) is 3.13. The molecule has 17 heavy (non-hydrogen) atoms. The Balaban J connectivity index is 1.87. The van der Waals surface area contributed by atoms with Crippen molar-refractivity contribution in [3.05, 3.63) is 57.5 Å². The number of halogens is 2. The van der Waals surface area contributed by atoms with Crippen LogP contribution in [-0.4, -0.2) is 0 Å². The molecule has 2 aromatic carbocycles. The summed E-state index contributed by atoms with van der Waals surface area (Å²) in [7, 11) is 0. The zero-order valence-corrected chi connectivity index (χ0v) is 14.3. The van der Waals surface area contributed by atoms with Gasteiger partial charge in [0.1, 0.15) is 0 Å². The minimum atomic E-state index is -1.34. The molecular formula is C12H8Br2O2Zr. The fraction of sp³-hybridized carbons (Fsp3) is 0. The van der Waals surface area contributed by atoms with Crippen LogP contribution in [0, 0.1) is 0 Å².